The largest absolute Gasteiger partial charge is 0.489 e. The highest BCUT2D eigenvalue weighted by Gasteiger charge is 2.38. The van der Waals surface area contributed by atoms with Gasteiger partial charge in [0.05, 0.1) is 0 Å². The Kier molecular flexibility index (Phi) is 6.96. The van der Waals surface area contributed by atoms with E-state index in [9.17, 15) is 4.79 Å². The van der Waals surface area contributed by atoms with Crippen LogP contribution in [0, 0.1) is 0 Å². The molecule has 33 heavy (non-hydrogen) atoms. The molecule has 2 aliphatic rings. The van der Waals surface area contributed by atoms with Gasteiger partial charge in [-0.15, -0.1) is 0 Å². The number of carbonyl (C=O) groups is 1. The number of piperidine rings is 1. The molecule has 0 spiro atoms. The number of benzene rings is 2. The average molecular weight is 451 g/mol. The van der Waals surface area contributed by atoms with Crippen LogP contribution in [0.1, 0.15) is 56.5 Å². The van der Waals surface area contributed by atoms with Gasteiger partial charge in [0.25, 0.3) is 5.91 Å². The summed E-state index contributed by atoms with van der Waals surface area (Å²) in [5.74, 6) is 0.855. The van der Waals surface area contributed by atoms with E-state index in [1.165, 1.54) is 5.69 Å². The number of nitrogens with zero attached hydrogens (tertiary/aromatic N) is 1. The second-order valence-corrected chi connectivity index (χ2v) is 10.7. The summed E-state index contributed by atoms with van der Waals surface area (Å²) in [5, 5.41) is 10.3. The van der Waals surface area contributed by atoms with Crippen LogP contribution >= 0.6 is 0 Å². The summed E-state index contributed by atoms with van der Waals surface area (Å²) < 4.78 is 6.04. The molecule has 0 unspecified atom stereocenters. The number of piperazine rings is 1. The number of amides is 1. The summed E-state index contributed by atoms with van der Waals surface area (Å²) in [6, 6.07) is 16.2. The van der Waals surface area contributed by atoms with Crippen molar-refractivity contribution in [2.45, 2.75) is 64.3 Å². The Morgan fingerprint density at radius 3 is 2.36 bits per heavy atom. The zero-order chi connectivity index (χ0) is 23.5. The van der Waals surface area contributed by atoms with E-state index >= 15 is 0 Å². The average Bonchev–Trinajstić information content (AvgIpc) is 2.76. The van der Waals surface area contributed by atoms with Crippen LogP contribution in [0.25, 0.3) is 0 Å². The first-order chi connectivity index (χ1) is 15.7. The number of rotatable bonds is 6. The van der Waals surface area contributed by atoms with Crippen molar-refractivity contribution in [1.29, 1.82) is 0 Å². The Bertz CT molecular complexity index is 933. The van der Waals surface area contributed by atoms with E-state index in [4.69, 9.17) is 4.74 Å². The number of hydrogen-bond donors (Lipinski definition) is 3. The second-order valence-electron chi connectivity index (χ2n) is 10.7. The van der Waals surface area contributed by atoms with Gasteiger partial charge in [0.2, 0.25) is 0 Å². The molecule has 0 aliphatic carbocycles. The lowest BCUT2D eigenvalue weighted by Crippen LogP contribution is -2.62. The molecule has 4 rings (SSSR count). The number of nitrogens with one attached hydrogen (secondary N) is 3. The van der Waals surface area contributed by atoms with Gasteiger partial charge in [-0.05, 0) is 70.4 Å². The number of carbonyl (C=O) groups excluding carboxylic acids is 1. The molecule has 3 N–H and O–H groups in total. The zero-order valence-corrected chi connectivity index (χ0v) is 20.4. The molecular weight excluding hydrogens is 412 g/mol. The minimum Gasteiger partial charge on any atom is -0.489 e. The Morgan fingerprint density at radius 1 is 1.03 bits per heavy atom. The predicted octanol–water partition coefficient (Wildman–Crippen LogP) is 3.71. The van der Waals surface area contributed by atoms with E-state index in [1.54, 1.807) is 0 Å². The first-order valence-electron chi connectivity index (χ1n) is 12.1. The molecule has 2 aliphatic heterocycles. The quantitative estimate of drug-likeness (QED) is 0.626. The smallest absolute Gasteiger partial charge is 0.251 e. The highest BCUT2D eigenvalue weighted by Crippen LogP contribution is 2.28. The Labute approximate surface area is 198 Å². The maximum absolute atomic E-state index is 12.8. The van der Waals surface area contributed by atoms with Gasteiger partial charge in [-0.25, -0.2) is 0 Å². The van der Waals surface area contributed by atoms with Gasteiger partial charge in [-0.3, -0.25) is 4.79 Å². The van der Waals surface area contributed by atoms with Crippen LogP contribution < -0.4 is 25.6 Å². The van der Waals surface area contributed by atoms with Crippen molar-refractivity contribution in [2.75, 3.05) is 31.1 Å². The normalized spacial score (nSPS) is 20.3. The summed E-state index contributed by atoms with van der Waals surface area (Å²) in [5.41, 5.74) is 2.94. The van der Waals surface area contributed by atoms with Crippen LogP contribution in [0.15, 0.2) is 48.5 Å². The van der Waals surface area contributed by atoms with Gasteiger partial charge in [-0.2, -0.15) is 0 Å². The highest BCUT2D eigenvalue weighted by atomic mass is 16.5. The van der Waals surface area contributed by atoms with Crippen molar-refractivity contribution in [3.63, 3.8) is 0 Å². The van der Waals surface area contributed by atoms with Crippen LogP contribution in [0.3, 0.4) is 0 Å². The molecule has 2 fully saturated rings. The fraction of sp³-hybridized carbons (Fsp3) is 0.519. The van der Waals surface area contributed by atoms with Gasteiger partial charge in [-0.1, -0.05) is 18.2 Å². The predicted molar refractivity (Wildman–Crippen MR) is 134 cm³/mol. The van der Waals surface area contributed by atoms with E-state index in [1.807, 2.05) is 36.4 Å². The fourth-order valence-electron chi connectivity index (χ4n) is 5.31. The number of ether oxygens (including phenoxy) is 1. The lowest BCUT2D eigenvalue weighted by Gasteiger charge is -2.46. The minimum atomic E-state index is -0.00955. The monoisotopic (exact) mass is 450 g/mol. The number of anilines is 1. The van der Waals surface area contributed by atoms with E-state index in [0.717, 1.165) is 50.3 Å². The van der Waals surface area contributed by atoms with Crippen LogP contribution in [0.2, 0.25) is 0 Å². The third kappa shape index (κ3) is 6.49. The SMILES string of the molecule is CC1(C)CC(NC(=O)c2ccc(COc3cccc(N4CCNCC4)c3)cc2)CC(C)(C)N1. The second kappa shape index (κ2) is 9.74. The third-order valence-corrected chi connectivity index (χ3v) is 6.45. The molecule has 2 saturated heterocycles. The minimum absolute atomic E-state index is 0.00306. The molecular formula is C27H38N4O2. The molecule has 2 heterocycles. The maximum atomic E-state index is 12.8. The summed E-state index contributed by atoms with van der Waals surface area (Å²) in [4.78, 5) is 15.2. The molecule has 0 atom stereocenters. The molecule has 6 heteroatoms. The molecule has 178 valence electrons. The summed E-state index contributed by atoms with van der Waals surface area (Å²) in [7, 11) is 0. The van der Waals surface area contributed by atoms with E-state index in [-0.39, 0.29) is 23.0 Å². The van der Waals surface area contributed by atoms with Gasteiger partial charge >= 0.3 is 0 Å². The van der Waals surface area contributed by atoms with Crippen LogP contribution in [-0.2, 0) is 6.61 Å². The van der Waals surface area contributed by atoms with E-state index < -0.39 is 0 Å². The van der Waals surface area contributed by atoms with E-state index in [0.29, 0.717) is 12.2 Å². The van der Waals surface area contributed by atoms with Crippen molar-refractivity contribution >= 4 is 11.6 Å². The van der Waals surface area contributed by atoms with Crippen LogP contribution in [0.5, 0.6) is 5.75 Å². The van der Waals surface area contributed by atoms with Gasteiger partial charge in [0.1, 0.15) is 12.4 Å². The molecule has 0 radical (unpaired) electrons. The molecule has 2 aromatic rings. The standard InChI is InChI=1S/C27H38N4O2/c1-26(2)17-22(18-27(3,4)30-26)29-25(32)21-10-8-20(9-11-21)19-33-24-7-5-6-23(16-24)31-14-12-28-13-15-31/h5-11,16,22,28,30H,12-15,17-19H2,1-4H3,(H,29,32). The number of hydrogen-bond acceptors (Lipinski definition) is 5. The molecule has 0 saturated carbocycles. The topological polar surface area (TPSA) is 65.6 Å². The van der Waals surface area contributed by atoms with Crippen LogP contribution in [0.4, 0.5) is 5.69 Å². The third-order valence-electron chi connectivity index (χ3n) is 6.45. The summed E-state index contributed by atoms with van der Waals surface area (Å²) in [6.45, 7) is 13.3. The Balaban J connectivity index is 1.32. The maximum Gasteiger partial charge on any atom is 0.251 e. The highest BCUT2D eigenvalue weighted by molar-refractivity contribution is 5.94. The van der Waals surface area contributed by atoms with Crippen molar-refractivity contribution in [2.24, 2.45) is 0 Å². The molecule has 1 amide bonds. The van der Waals surface area contributed by atoms with E-state index in [2.05, 4.69) is 60.7 Å². The first-order valence-corrected chi connectivity index (χ1v) is 12.1. The molecule has 0 bridgehead atoms. The van der Waals surface area contributed by atoms with Crippen molar-refractivity contribution in [1.82, 2.24) is 16.0 Å². The lowest BCUT2D eigenvalue weighted by molar-refractivity contribution is 0.0873. The summed E-state index contributed by atoms with van der Waals surface area (Å²) >= 11 is 0. The zero-order valence-electron chi connectivity index (χ0n) is 20.4. The van der Waals surface area contributed by atoms with Crippen molar-refractivity contribution in [3.8, 4) is 5.75 Å². The van der Waals surface area contributed by atoms with Gasteiger partial charge in [0, 0.05) is 60.6 Å². The Hall–Kier alpha value is -2.57. The Morgan fingerprint density at radius 2 is 1.70 bits per heavy atom. The van der Waals surface area contributed by atoms with Crippen LogP contribution in [-0.4, -0.2) is 49.2 Å². The first kappa shape index (κ1) is 23.6. The lowest BCUT2D eigenvalue weighted by atomic mass is 9.79. The molecule has 0 aromatic heterocycles. The van der Waals surface area contributed by atoms with Gasteiger partial charge < -0.3 is 25.6 Å². The van der Waals surface area contributed by atoms with Gasteiger partial charge in [0.15, 0.2) is 0 Å². The molecule has 2 aromatic carbocycles. The summed E-state index contributed by atoms with van der Waals surface area (Å²) in [6.07, 6.45) is 1.84. The van der Waals surface area contributed by atoms with Crippen molar-refractivity contribution < 1.29 is 9.53 Å². The fourth-order valence-corrected chi connectivity index (χ4v) is 5.31. The van der Waals surface area contributed by atoms with Crippen molar-refractivity contribution in [3.05, 3.63) is 59.7 Å². The molecule has 6 nitrogen and oxygen atoms in total.